The standard InChI is InChI=1S/C22H25FN8O.ClH/c1-14(15-2-4-17(23)5-3-15)27-22-29-18(28-19-13-25-8-9-26-19)12-20(30-22)31-10-6-16(7-11-31)21(24)32;/h2-5,8-9,12-14,16H,6-7,10-11H2,1H3,(H2,24,32)(H2,26,27,28,29,30);1H/t14-;/m0./s1. The van der Waals surface area contributed by atoms with Crippen molar-refractivity contribution >= 4 is 41.7 Å². The van der Waals surface area contributed by atoms with E-state index in [-0.39, 0.29) is 36.1 Å². The third-order valence-electron chi connectivity index (χ3n) is 5.47. The van der Waals surface area contributed by atoms with E-state index in [1.165, 1.54) is 12.1 Å². The Morgan fingerprint density at radius 3 is 2.52 bits per heavy atom. The Morgan fingerprint density at radius 2 is 1.88 bits per heavy atom. The summed E-state index contributed by atoms with van der Waals surface area (Å²) in [6.45, 7) is 3.29. The minimum atomic E-state index is -0.283. The number of anilines is 4. The number of primary amides is 1. The average Bonchev–Trinajstić information content (AvgIpc) is 2.80. The Labute approximate surface area is 197 Å². The van der Waals surface area contributed by atoms with Crippen molar-refractivity contribution in [3.05, 3.63) is 60.3 Å². The smallest absolute Gasteiger partial charge is 0.227 e. The lowest BCUT2D eigenvalue weighted by molar-refractivity contribution is -0.122. The largest absolute Gasteiger partial charge is 0.369 e. The number of hydrogen-bond donors (Lipinski definition) is 3. The van der Waals surface area contributed by atoms with Crippen LogP contribution in [0.15, 0.2) is 48.9 Å². The number of rotatable bonds is 7. The topological polar surface area (TPSA) is 122 Å². The Morgan fingerprint density at radius 1 is 1.15 bits per heavy atom. The first-order valence-electron chi connectivity index (χ1n) is 10.5. The lowest BCUT2D eigenvalue weighted by atomic mass is 9.96. The van der Waals surface area contributed by atoms with E-state index in [1.54, 1.807) is 30.7 Å². The first kappa shape index (κ1) is 24.1. The molecule has 0 aliphatic carbocycles. The Bertz CT molecular complexity index is 1060. The minimum Gasteiger partial charge on any atom is -0.369 e. The summed E-state index contributed by atoms with van der Waals surface area (Å²) >= 11 is 0. The van der Waals surface area contributed by atoms with Crippen LogP contribution in [0.2, 0.25) is 0 Å². The van der Waals surface area contributed by atoms with Crippen LogP contribution in [-0.2, 0) is 4.79 Å². The summed E-state index contributed by atoms with van der Waals surface area (Å²) in [5, 5.41) is 6.45. The highest BCUT2D eigenvalue weighted by atomic mass is 35.5. The quantitative estimate of drug-likeness (QED) is 0.478. The number of aromatic nitrogens is 4. The van der Waals surface area contributed by atoms with Crippen LogP contribution in [0.5, 0.6) is 0 Å². The third-order valence-corrected chi connectivity index (χ3v) is 5.47. The monoisotopic (exact) mass is 472 g/mol. The van der Waals surface area contributed by atoms with Crippen molar-refractivity contribution in [1.29, 1.82) is 0 Å². The summed E-state index contributed by atoms with van der Waals surface area (Å²) in [5.74, 6) is 1.61. The summed E-state index contributed by atoms with van der Waals surface area (Å²) in [7, 11) is 0. The van der Waals surface area contributed by atoms with Gasteiger partial charge in [0.25, 0.3) is 0 Å². The molecule has 1 saturated heterocycles. The van der Waals surface area contributed by atoms with E-state index in [0.717, 1.165) is 11.4 Å². The Hall–Kier alpha value is -3.53. The molecule has 0 radical (unpaired) electrons. The van der Waals surface area contributed by atoms with Crippen LogP contribution in [0.3, 0.4) is 0 Å². The molecule has 174 valence electrons. The first-order chi connectivity index (χ1) is 15.5. The number of benzene rings is 1. The molecule has 1 fully saturated rings. The van der Waals surface area contributed by atoms with Crippen LogP contribution < -0.4 is 21.3 Å². The van der Waals surface area contributed by atoms with E-state index >= 15 is 0 Å². The van der Waals surface area contributed by atoms with Gasteiger partial charge >= 0.3 is 0 Å². The molecule has 3 aromatic rings. The normalized spacial score (nSPS) is 14.8. The van der Waals surface area contributed by atoms with E-state index in [9.17, 15) is 9.18 Å². The second-order valence-electron chi connectivity index (χ2n) is 7.73. The summed E-state index contributed by atoms with van der Waals surface area (Å²) in [5.41, 5.74) is 6.37. The van der Waals surface area contributed by atoms with Gasteiger partial charge in [-0.25, -0.2) is 9.37 Å². The van der Waals surface area contributed by atoms with Gasteiger partial charge in [-0.15, -0.1) is 12.4 Å². The van der Waals surface area contributed by atoms with Crippen molar-refractivity contribution in [2.24, 2.45) is 11.7 Å². The van der Waals surface area contributed by atoms with Crippen molar-refractivity contribution in [3.63, 3.8) is 0 Å². The number of hydrogen-bond acceptors (Lipinski definition) is 8. The predicted octanol–water partition coefficient (Wildman–Crippen LogP) is 3.45. The zero-order valence-electron chi connectivity index (χ0n) is 18.1. The number of carbonyl (C=O) groups is 1. The molecule has 4 N–H and O–H groups in total. The molecule has 0 spiro atoms. The zero-order valence-corrected chi connectivity index (χ0v) is 18.9. The Balaban J connectivity index is 0.00000306. The van der Waals surface area contributed by atoms with Gasteiger partial charge < -0.3 is 21.3 Å². The predicted molar refractivity (Wildman–Crippen MR) is 127 cm³/mol. The van der Waals surface area contributed by atoms with Gasteiger partial charge in [0.1, 0.15) is 23.3 Å². The lowest BCUT2D eigenvalue weighted by Crippen LogP contribution is -2.39. The highest BCUT2D eigenvalue weighted by molar-refractivity contribution is 5.85. The number of halogens is 2. The molecule has 2 aromatic heterocycles. The van der Waals surface area contributed by atoms with E-state index in [2.05, 4.69) is 35.5 Å². The highest BCUT2D eigenvalue weighted by Crippen LogP contribution is 2.27. The molecule has 9 nitrogen and oxygen atoms in total. The van der Waals surface area contributed by atoms with Gasteiger partial charge in [0, 0.05) is 37.5 Å². The molecular formula is C22H26ClFN8O. The molecule has 3 heterocycles. The van der Waals surface area contributed by atoms with Crippen molar-refractivity contribution in [2.45, 2.75) is 25.8 Å². The number of amides is 1. The molecule has 1 atom stereocenters. The van der Waals surface area contributed by atoms with Crippen molar-refractivity contribution in [1.82, 2.24) is 19.9 Å². The van der Waals surface area contributed by atoms with Gasteiger partial charge in [-0.1, -0.05) is 12.1 Å². The summed E-state index contributed by atoms with van der Waals surface area (Å²) in [4.78, 5) is 31.2. The van der Waals surface area contributed by atoms with E-state index in [4.69, 9.17) is 5.73 Å². The number of nitrogens with one attached hydrogen (secondary N) is 2. The fourth-order valence-corrected chi connectivity index (χ4v) is 3.64. The van der Waals surface area contributed by atoms with Gasteiger partial charge in [0.05, 0.1) is 12.2 Å². The van der Waals surface area contributed by atoms with E-state index in [1.807, 2.05) is 13.0 Å². The molecule has 1 aliphatic rings. The summed E-state index contributed by atoms with van der Waals surface area (Å²) in [6, 6.07) is 8.00. The molecule has 0 unspecified atom stereocenters. The van der Waals surface area contributed by atoms with Crippen LogP contribution in [0.1, 0.15) is 31.4 Å². The minimum absolute atomic E-state index is 0. The third kappa shape index (κ3) is 6.26. The fourth-order valence-electron chi connectivity index (χ4n) is 3.64. The van der Waals surface area contributed by atoms with Gasteiger partial charge in [0.15, 0.2) is 0 Å². The summed E-state index contributed by atoms with van der Waals surface area (Å²) in [6.07, 6.45) is 6.15. The van der Waals surface area contributed by atoms with Gasteiger partial charge in [-0.05, 0) is 37.5 Å². The van der Waals surface area contributed by atoms with Crippen molar-refractivity contribution in [2.75, 3.05) is 28.6 Å². The first-order valence-corrected chi connectivity index (χ1v) is 10.5. The maximum atomic E-state index is 13.3. The van der Waals surface area contributed by atoms with Gasteiger partial charge in [-0.3, -0.25) is 9.78 Å². The van der Waals surface area contributed by atoms with Gasteiger partial charge in [-0.2, -0.15) is 9.97 Å². The number of nitrogens with two attached hydrogens (primary N) is 1. The SMILES string of the molecule is C[C@H](Nc1nc(Nc2cnccn2)cc(N2CCC(C(N)=O)CC2)n1)c1ccc(F)cc1.Cl. The maximum Gasteiger partial charge on any atom is 0.227 e. The second kappa shape index (κ2) is 10.9. The van der Waals surface area contributed by atoms with Crippen LogP contribution in [0, 0.1) is 11.7 Å². The number of piperidine rings is 1. The molecule has 0 bridgehead atoms. The molecule has 1 aromatic carbocycles. The highest BCUT2D eigenvalue weighted by Gasteiger charge is 2.24. The fraction of sp³-hybridized carbons (Fsp3) is 0.318. The number of nitrogens with zero attached hydrogens (tertiary/aromatic N) is 5. The number of carbonyl (C=O) groups excluding carboxylic acids is 1. The molecule has 0 saturated carbocycles. The molecule has 33 heavy (non-hydrogen) atoms. The second-order valence-corrected chi connectivity index (χ2v) is 7.73. The molecule has 11 heteroatoms. The van der Waals surface area contributed by atoms with Gasteiger partial charge in [0.2, 0.25) is 11.9 Å². The van der Waals surface area contributed by atoms with Crippen molar-refractivity contribution in [3.8, 4) is 0 Å². The lowest BCUT2D eigenvalue weighted by Gasteiger charge is -2.31. The molecule has 1 aliphatic heterocycles. The Kier molecular flexibility index (Phi) is 7.94. The van der Waals surface area contributed by atoms with Crippen LogP contribution in [-0.4, -0.2) is 38.9 Å². The van der Waals surface area contributed by atoms with Crippen LogP contribution >= 0.6 is 12.4 Å². The molecular weight excluding hydrogens is 447 g/mol. The van der Waals surface area contributed by atoms with Crippen LogP contribution in [0.4, 0.5) is 27.8 Å². The average molecular weight is 473 g/mol. The zero-order chi connectivity index (χ0) is 22.5. The van der Waals surface area contributed by atoms with Crippen molar-refractivity contribution < 1.29 is 9.18 Å². The maximum absolute atomic E-state index is 13.3. The molecule has 4 rings (SSSR count). The van der Waals surface area contributed by atoms with E-state index < -0.39 is 0 Å². The molecule has 1 amide bonds. The van der Waals surface area contributed by atoms with E-state index in [0.29, 0.717) is 43.5 Å². The van der Waals surface area contributed by atoms with Crippen LogP contribution in [0.25, 0.3) is 0 Å². The summed E-state index contributed by atoms with van der Waals surface area (Å²) < 4.78 is 13.3.